The average Bonchev–Trinajstić information content (AvgIpc) is 2.78. The van der Waals surface area contributed by atoms with Gasteiger partial charge < -0.3 is 14.9 Å². The van der Waals surface area contributed by atoms with Crippen LogP contribution >= 0.6 is 0 Å². The minimum absolute atomic E-state index is 0.0810. The number of hydrogen-bond donors (Lipinski definition) is 2. The molecule has 0 spiro atoms. The number of amides is 1. The van der Waals surface area contributed by atoms with Crippen molar-refractivity contribution in [3.8, 4) is 17.2 Å². The molecule has 2 heterocycles. The minimum Gasteiger partial charge on any atom is -0.457 e. The molecular formula is C22H18F2N4O3. The number of pyridine rings is 1. The number of fused-ring (bicyclic) bond motifs is 1. The molecule has 0 unspecified atom stereocenters. The molecule has 158 valence electrons. The fourth-order valence-corrected chi connectivity index (χ4v) is 2.89. The van der Waals surface area contributed by atoms with Gasteiger partial charge in [-0.2, -0.15) is 5.43 Å². The van der Waals surface area contributed by atoms with Gasteiger partial charge >= 0.3 is 0 Å². The molecule has 4 rings (SSSR count). The van der Waals surface area contributed by atoms with Gasteiger partial charge in [-0.1, -0.05) is 6.07 Å². The van der Waals surface area contributed by atoms with E-state index in [-0.39, 0.29) is 23.7 Å². The van der Waals surface area contributed by atoms with E-state index in [9.17, 15) is 13.6 Å². The summed E-state index contributed by atoms with van der Waals surface area (Å²) >= 11 is 0. The largest absolute Gasteiger partial charge is 0.457 e. The van der Waals surface area contributed by atoms with Gasteiger partial charge in [0.05, 0.1) is 6.20 Å². The molecule has 0 saturated heterocycles. The van der Waals surface area contributed by atoms with Crippen molar-refractivity contribution in [1.29, 1.82) is 0 Å². The van der Waals surface area contributed by atoms with Crippen molar-refractivity contribution >= 4 is 12.0 Å². The Morgan fingerprint density at radius 3 is 2.68 bits per heavy atom. The molecule has 2 N–H and O–H groups in total. The summed E-state index contributed by atoms with van der Waals surface area (Å²) in [6.07, 6.45) is 4.84. The van der Waals surface area contributed by atoms with Gasteiger partial charge in [0.15, 0.2) is 5.75 Å². The summed E-state index contributed by atoms with van der Waals surface area (Å²) in [5.41, 5.74) is 3.71. The van der Waals surface area contributed by atoms with Crippen LogP contribution in [-0.2, 0) is 6.54 Å². The summed E-state index contributed by atoms with van der Waals surface area (Å²) in [5, 5.41) is 3.78. The molecule has 0 saturated carbocycles. The van der Waals surface area contributed by atoms with E-state index < -0.39 is 11.6 Å². The van der Waals surface area contributed by atoms with Crippen LogP contribution in [0.4, 0.5) is 8.78 Å². The maximum absolute atomic E-state index is 13.8. The normalized spacial score (nSPS) is 12.2. The van der Waals surface area contributed by atoms with Crippen molar-refractivity contribution in [1.82, 2.24) is 20.9 Å². The monoisotopic (exact) mass is 424 g/mol. The predicted molar refractivity (Wildman–Crippen MR) is 109 cm³/mol. The Morgan fingerprint density at radius 1 is 1.13 bits per heavy atom. The molecule has 31 heavy (non-hydrogen) atoms. The van der Waals surface area contributed by atoms with E-state index in [0.29, 0.717) is 17.2 Å². The van der Waals surface area contributed by atoms with Gasteiger partial charge in [0.25, 0.3) is 5.91 Å². The molecule has 1 aromatic heterocycles. The van der Waals surface area contributed by atoms with Gasteiger partial charge in [-0.15, -0.1) is 5.17 Å². The highest BCUT2D eigenvalue weighted by molar-refractivity contribution is 5.92. The molecular weight excluding hydrogens is 406 g/mol. The summed E-state index contributed by atoms with van der Waals surface area (Å²) in [6, 6.07) is 12.1. The number of hydrogen-bond acceptors (Lipinski definition) is 6. The summed E-state index contributed by atoms with van der Waals surface area (Å²) in [5.74, 6) is -0.0506. The zero-order chi connectivity index (χ0) is 21.8. The number of carbonyl (C=O) groups is 1. The molecule has 2 aromatic carbocycles. The first kappa shape index (κ1) is 20.3. The topological polar surface area (TPSA) is 75.7 Å². The number of halogens is 2. The first-order chi connectivity index (χ1) is 15.0. The summed E-state index contributed by atoms with van der Waals surface area (Å²) in [4.78, 5) is 21.4. The Bertz CT molecular complexity index is 1130. The first-order valence-electron chi connectivity index (χ1n) is 9.35. The second-order valence-electron chi connectivity index (χ2n) is 6.53. The second-order valence-corrected chi connectivity index (χ2v) is 6.53. The number of hydroxylamine groups is 1. The standard InChI is InChI=1S/C22H18F2N4O3/c1-25-22(29)20-12-16(7-9-26-20)30-15-5-6-21-14(11-15)8-10-28(31-21)27-13-17-18(23)3-2-4-19(17)24/h2-12,27H,13H2,1H3,(H,25,29). The molecule has 0 radical (unpaired) electrons. The van der Waals surface area contributed by atoms with E-state index in [4.69, 9.17) is 9.57 Å². The van der Waals surface area contributed by atoms with Crippen LogP contribution in [0.25, 0.3) is 6.08 Å². The third-order valence-corrected chi connectivity index (χ3v) is 4.47. The molecule has 0 aliphatic carbocycles. The fraction of sp³-hybridized carbons (Fsp3) is 0.0909. The smallest absolute Gasteiger partial charge is 0.269 e. The van der Waals surface area contributed by atoms with Crippen molar-refractivity contribution in [3.63, 3.8) is 0 Å². The van der Waals surface area contributed by atoms with Crippen LogP contribution in [0.1, 0.15) is 21.6 Å². The lowest BCUT2D eigenvalue weighted by Crippen LogP contribution is -2.37. The highest BCUT2D eigenvalue weighted by atomic mass is 19.1. The Kier molecular flexibility index (Phi) is 5.76. The van der Waals surface area contributed by atoms with E-state index in [1.807, 2.05) is 0 Å². The Hall–Kier alpha value is -3.98. The Balaban J connectivity index is 1.42. The summed E-state index contributed by atoms with van der Waals surface area (Å²) in [7, 11) is 1.53. The third kappa shape index (κ3) is 4.62. The first-order valence-corrected chi connectivity index (χ1v) is 9.35. The number of hydrazine groups is 1. The number of aromatic nitrogens is 1. The van der Waals surface area contributed by atoms with Crippen molar-refractivity contribution in [2.75, 3.05) is 7.05 Å². The summed E-state index contributed by atoms with van der Waals surface area (Å²) in [6.45, 7) is -0.0882. The number of benzene rings is 2. The van der Waals surface area contributed by atoms with E-state index in [1.165, 1.54) is 42.7 Å². The number of nitrogens with zero attached hydrogens (tertiary/aromatic N) is 2. The lowest BCUT2D eigenvalue weighted by Gasteiger charge is -2.25. The van der Waals surface area contributed by atoms with E-state index in [0.717, 1.165) is 5.56 Å². The predicted octanol–water partition coefficient (Wildman–Crippen LogP) is 3.80. The van der Waals surface area contributed by atoms with E-state index in [1.54, 1.807) is 36.5 Å². The highest BCUT2D eigenvalue weighted by Crippen LogP contribution is 2.31. The minimum atomic E-state index is -0.633. The van der Waals surface area contributed by atoms with Crippen LogP contribution in [-0.4, -0.2) is 23.1 Å². The number of nitrogens with one attached hydrogen (secondary N) is 2. The van der Waals surface area contributed by atoms with Gasteiger partial charge in [0.1, 0.15) is 28.8 Å². The van der Waals surface area contributed by atoms with E-state index >= 15 is 0 Å². The third-order valence-electron chi connectivity index (χ3n) is 4.47. The molecule has 0 bridgehead atoms. The fourth-order valence-electron chi connectivity index (χ4n) is 2.89. The quantitative estimate of drug-likeness (QED) is 0.627. The zero-order valence-electron chi connectivity index (χ0n) is 16.4. The van der Waals surface area contributed by atoms with Crippen LogP contribution < -0.4 is 20.3 Å². The lowest BCUT2D eigenvalue weighted by atomic mass is 10.1. The van der Waals surface area contributed by atoms with Gasteiger partial charge in [-0.05, 0) is 42.5 Å². The van der Waals surface area contributed by atoms with Crippen LogP contribution in [0, 0.1) is 11.6 Å². The maximum Gasteiger partial charge on any atom is 0.269 e. The van der Waals surface area contributed by atoms with Crippen molar-refractivity contribution in [2.45, 2.75) is 6.54 Å². The second kappa shape index (κ2) is 8.80. The number of ether oxygens (including phenoxy) is 1. The van der Waals surface area contributed by atoms with E-state index in [2.05, 4.69) is 15.7 Å². The SMILES string of the molecule is CNC(=O)c1cc(Oc2ccc3c(c2)C=CN(NCc2c(F)cccc2F)O3)ccn1. The van der Waals surface area contributed by atoms with Gasteiger partial charge in [-0.3, -0.25) is 9.78 Å². The summed E-state index contributed by atoms with van der Waals surface area (Å²) < 4.78 is 33.3. The maximum atomic E-state index is 13.8. The molecule has 3 aromatic rings. The molecule has 0 fully saturated rings. The molecule has 0 atom stereocenters. The van der Waals surface area contributed by atoms with Gasteiger partial charge in [0.2, 0.25) is 0 Å². The molecule has 1 aliphatic heterocycles. The molecule has 1 amide bonds. The highest BCUT2D eigenvalue weighted by Gasteiger charge is 2.15. The Labute approximate surface area is 176 Å². The average molecular weight is 424 g/mol. The van der Waals surface area contributed by atoms with Gasteiger partial charge in [0, 0.05) is 37.0 Å². The van der Waals surface area contributed by atoms with Gasteiger partial charge in [-0.25, -0.2) is 8.78 Å². The van der Waals surface area contributed by atoms with Crippen molar-refractivity contribution < 1.29 is 23.1 Å². The van der Waals surface area contributed by atoms with Crippen molar-refractivity contribution in [2.24, 2.45) is 0 Å². The molecule has 9 heteroatoms. The Morgan fingerprint density at radius 2 is 1.90 bits per heavy atom. The number of rotatable bonds is 6. The van der Waals surface area contributed by atoms with Crippen LogP contribution in [0.15, 0.2) is 60.9 Å². The number of carbonyl (C=O) groups excluding carboxylic acids is 1. The molecule has 7 nitrogen and oxygen atoms in total. The van der Waals surface area contributed by atoms with Crippen LogP contribution in [0.2, 0.25) is 0 Å². The van der Waals surface area contributed by atoms with Crippen LogP contribution in [0.5, 0.6) is 17.2 Å². The zero-order valence-corrected chi connectivity index (χ0v) is 16.4. The molecule has 1 aliphatic rings. The van der Waals surface area contributed by atoms with Crippen molar-refractivity contribution in [3.05, 3.63) is 89.4 Å². The van der Waals surface area contributed by atoms with Crippen LogP contribution in [0.3, 0.4) is 0 Å². The lowest BCUT2D eigenvalue weighted by molar-refractivity contribution is -0.0615.